The SMILES string of the molecule is O=C(Oc1c(Cl)cc(Cl)cc1Cl)C1COc2ccccc2O1. The van der Waals surface area contributed by atoms with E-state index in [1.807, 2.05) is 6.07 Å². The van der Waals surface area contributed by atoms with Gasteiger partial charge in [0.1, 0.15) is 6.61 Å². The number of rotatable bonds is 2. The van der Waals surface area contributed by atoms with Crippen molar-refractivity contribution in [1.29, 1.82) is 0 Å². The maximum Gasteiger partial charge on any atom is 0.356 e. The molecule has 1 atom stereocenters. The molecule has 0 saturated heterocycles. The van der Waals surface area contributed by atoms with Crippen LogP contribution in [-0.2, 0) is 4.79 Å². The molecule has 1 aliphatic heterocycles. The van der Waals surface area contributed by atoms with E-state index in [4.69, 9.17) is 49.0 Å². The van der Waals surface area contributed by atoms with E-state index in [2.05, 4.69) is 0 Å². The van der Waals surface area contributed by atoms with Crippen LogP contribution >= 0.6 is 34.8 Å². The van der Waals surface area contributed by atoms with E-state index in [0.717, 1.165) is 0 Å². The van der Waals surface area contributed by atoms with Crippen molar-refractivity contribution in [2.45, 2.75) is 6.10 Å². The minimum atomic E-state index is -0.905. The number of esters is 1. The van der Waals surface area contributed by atoms with Gasteiger partial charge in [-0.05, 0) is 24.3 Å². The first-order chi connectivity index (χ1) is 10.5. The van der Waals surface area contributed by atoms with Crippen LogP contribution in [-0.4, -0.2) is 18.7 Å². The van der Waals surface area contributed by atoms with Crippen molar-refractivity contribution < 1.29 is 19.0 Å². The smallest absolute Gasteiger partial charge is 0.356 e. The Labute approximate surface area is 141 Å². The van der Waals surface area contributed by atoms with Crippen molar-refractivity contribution in [3.05, 3.63) is 51.5 Å². The number of carbonyl (C=O) groups excluding carboxylic acids is 1. The zero-order valence-electron chi connectivity index (χ0n) is 11.0. The molecular formula is C15H9Cl3O4. The first kappa shape index (κ1) is 15.3. The van der Waals surface area contributed by atoms with Crippen LogP contribution in [0.5, 0.6) is 17.2 Å². The molecule has 1 unspecified atom stereocenters. The van der Waals surface area contributed by atoms with Crippen molar-refractivity contribution in [3.63, 3.8) is 0 Å². The lowest BCUT2D eigenvalue weighted by Crippen LogP contribution is -2.39. The average Bonchev–Trinajstić information content (AvgIpc) is 2.50. The van der Waals surface area contributed by atoms with Gasteiger partial charge in [-0.25, -0.2) is 4.79 Å². The second-order valence-corrected chi connectivity index (χ2v) is 5.73. The molecule has 1 aliphatic rings. The highest BCUT2D eigenvalue weighted by Crippen LogP contribution is 2.37. The summed E-state index contributed by atoms with van der Waals surface area (Å²) in [5.41, 5.74) is 0. The summed E-state index contributed by atoms with van der Waals surface area (Å²) in [5, 5.41) is 0.631. The lowest BCUT2D eigenvalue weighted by molar-refractivity contribution is -0.144. The first-order valence-electron chi connectivity index (χ1n) is 6.29. The number of halogens is 3. The van der Waals surface area contributed by atoms with Crippen molar-refractivity contribution >= 4 is 40.8 Å². The van der Waals surface area contributed by atoms with Gasteiger partial charge in [0, 0.05) is 5.02 Å². The number of ether oxygens (including phenoxy) is 3. The van der Waals surface area contributed by atoms with Crippen molar-refractivity contribution in [3.8, 4) is 17.2 Å². The molecule has 0 aromatic heterocycles. The largest absolute Gasteiger partial charge is 0.485 e. The molecule has 2 aromatic rings. The Morgan fingerprint density at radius 3 is 2.41 bits per heavy atom. The van der Waals surface area contributed by atoms with Gasteiger partial charge in [-0.1, -0.05) is 46.9 Å². The monoisotopic (exact) mass is 358 g/mol. The van der Waals surface area contributed by atoms with Crippen LogP contribution in [0.3, 0.4) is 0 Å². The average molecular weight is 360 g/mol. The quantitative estimate of drug-likeness (QED) is 0.589. The molecule has 0 amide bonds. The Morgan fingerprint density at radius 2 is 1.73 bits per heavy atom. The van der Waals surface area contributed by atoms with Crippen molar-refractivity contribution in [2.24, 2.45) is 0 Å². The number of para-hydroxylation sites is 2. The number of benzene rings is 2. The summed E-state index contributed by atoms with van der Waals surface area (Å²) >= 11 is 17.8. The van der Waals surface area contributed by atoms with Gasteiger partial charge in [-0.15, -0.1) is 0 Å². The van der Waals surface area contributed by atoms with Crippen LogP contribution in [0.25, 0.3) is 0 Å². The topological polar surface area (TPSA) is 44.8 Å². The van der Waals surface area contributed by atoms with E-state index in [1.165, 1.54) is 12.1 Å². The van der Waals surface area contributed by atoms with Crippen LogP contribution in [0.15, 0.2) is 36.4 Å². The first-order valence-corrected chi connectivity index (χ1v) is 7.42. The highest BCUT2D eigenvalue weighted by molar-refractivity contribution is 6.40. The van der Waals surface area contributed by atoms with Gasteiger partial charge >= 0.3 is 5.97 Å². The minimum Gasteiger partial charge on any atom is -0.485 e. The molecule has 0 N–H and O–H groups in total. The molecule has 0 aliphatic carbocycles. The predicted octanol–water partition coefficient (Wildman–Crippen LogP) is 4.39. The number of hydrogen-bond donors (Lipinski definition) is 0. The van der Waals surface area contributed by atoms with Crippen LogP contribution in [0.1, 0.15) is 0 Å². The van der Waals surface area contributed by atoms with Crippen LogP contribution in [0, 0.1) is 0 Å². The lowest BCUT2D eigenvalue weighted by atomic mass is 10.2. The molecule has 1 heterocycles. The zero-order chi connectivity index (χ0) is 15.7. The Bertz CT molecular complexity index is 709. The second-order valence-electron chi connectivity index (χ2n) is 4.48. The summed E-state index contributed by atoms with van der Waals surface area (Å²) in [5.74, 6) is 0.443. The van der Waals surface area contributed by atoms with Crippen molar-refractivity contribution in [2.75, 3.05) is 6.61 Å². The molecule has 2 aromatic carbocycles. The molecule has 4 nitrogen and oxygen atoms in total. The number of carbonyl (C=O) groups is 1. The Balaban J connectivity index is 1.77. The van der Waals surface area contributed by atoms with E-state index in [9.17, 15) is 4.79 Å². The van der Waals surface area contributed by atoms with Gasteiger partial charge in [-0.2, -0.15) is 0 Å². The van der Waals surface area contributed by atoms with Crippen LogP contribution < -0.4 is 14.2 Å². The summed E-state index contributed by atoms with van der Waals surface area (Å²) in [7, 11) is 0. The maximum absolute atomic E-state index is 12.2. The molecular weight excluding hydrogens is 351 g/mol. The fraction of sp³-hybridized carbons (Fsp3) is 0.133. The van der Waals surface area contributed by atoms with E-state index >= 15 is 0 Å². The summed E-state index contributed by atoms with van der Waals surface area (Å²) in [6.45, 7) is 0.0404. The van der Waals surface area contributed by atoms with Gasteiger partial charge in [0.05, 0.1) is 10.0 Å². The van der Waals surface area contributed by atoms with Crippen molar-refractivity contribution in [1.82, 2.24) is 0 Å². The summed E-state index contributed by atoms with van der Waals surface area (Å²) in [4.78, 5) is 12.2. The summed E-state index contributed by atoms with van der Waals surface area (Å²) < 4.78 is 16.2. The Kier molecular flexibility index (Phi) is 4.34. The second kappa shape index (κ2) is 6.24. The molecule has 0 saturated carbocycles. The van der Waals surface area contributed by atoms with Crippen LogP contribution in [0.4, 0.5) is 0 Å². The molecule has 0 bridgehead atoms. The molecule has 0 spiro atoms. The fourth-order valence-electron chi connectivity index (χ4n) is 1.93. The third-order valence-corrected chi connectivity index (χ3v) is 3.72. The predicted molar refractivity (Wildman–Crippen MR) is 83.5 cm³/mol. The standard InChI is InChI=1S/C15H9Cl3O4/c16-8-5-9(17)14(10(18)6-8)22-15(19)13-7-20-11-3-1-2-4-12(11)21-13/h1-6,13H,7H2. The highest BCUT2D eigenvalue weighted by atomic mass is 35.5. The fourth-order valence-corrected chi connectivity index (χ4v) is 2.82. The Morgan fingerprint density at radius 1 is 1.09 bits per heavy atom. The van der Waals surface area contributed by atoms with E-state index in [1.54, 1.807) is 18.2 Å². The Hall–Kier alpha value is -1.62. The summed E-state index contributed by atoms with van der Waals surface area (Å²) in [6, 6.07) is 9.92. The van der Waals surface area contributed by atoms with Gasteiger partial charge in [0.15, 0.2) is 17.2 Å². The molecule has 114 valence electrons. The molecule has 0 radical (unpaired) electrons. The molecule has 0 fully saturated rings. The lowest BCUT2D eigenvalue weighted by Gasteiger charge is -2.25. The van der Waals surface area contributed by atoms with E-state index in [-0.39, 0.29) is 22.4 Å². The zero-order valence-corrected chi connectivity index (χ0v) is 13.3. The maximum atomic E-state index is 12.2. The number of fused-ring (bicyclic) bond motifs is 1. The molecule has 3 rings (SSSR count). The van der Waals surface area contributed by atoms with Gasteiger partial charge < -0.3 is 14.2 Å². The third kappa shape index (κ3) is 3.09. The normalized spacial score (nSPS) is 16.2. The van der Waals surface area contributed by atoms with Gasteiger partial charge in [-0.3, -0.25) is 0 Å². The number of hydrogen-bond acceptors (Lipinski definition) is 4. The minimum absolute atomic E-state index is 0.0404. The van der Waals surface area contributed by atoms with Gasteiger partial charge in [0.25, 0.3) is 0 Å². The molecule has 22 heavy (non-hydrogen) atoms. The van der Waals surface area contributed by atoms with E-state index < -0.39 is 12.1 Å². The summed E-state index contributed by atoms with van der Waals surface area (Å²) in [6.07, 6.45) is -0.905. The molecule has 7 heteroatoms. The third-order valence-electron chi connectivity index (χ3n) is 2.94. The highest BCUT2D eigenvalue weighted by Gasteiger charge is 2.30. The van der Waals surface area contributed by atoms with Crippen LogP contribution in [0.2, 0.25) is 15.1 Å². The van der Waals surface area contributed by atoms with E-state index in [0.29, 0.717) is 16.5 Å². The van der Waals surface area contributed by atoms with Gasteiger partial charge in [0.2, 0.25) is 6.10 Å².